The van der Waals surface area contributed by atoms with Crippen LogP contribution in [-0.2, 0) is 19.4 Å². The molecule has 0 radical (unpaired) electrons. The Morgan fingerprint density at radius 2 is 2.08 bits per heavy atom. The zero-order valence-corrected chi connectivity index (χ0v) is 17.8. The highest BCUT2D eigenvalue weighted by atomic mass is 127. The molecule has 0 spiro atoms. The van der Waals surface area contributed by atoms with E-state index in [-0.39, 0.29) is 29.5 Å². The van der Waals surface area contributed by atoms with Crippen LogP contribution in [0, 0.1) is 0 Å². The molecule has 3 N–H and O–H groups in total. The number of fused-ring (bicyclic) bond motifs is 1. The molecule has 0 amide bonds. The average Bonchev–Trinajstić information content (AvgIpc) is 2.91. The summed E-state index contributed by atoms with van der Waals surface area (Å²) in [7, 11) is 1.81. The molecule has 1 aliphatic heterocycles. The number of halogens is 1. The molecule has 8 heteroatoms. The monoisotopic (exact) mass is 449 g/mol. The van der Waals surface area contributed by atoms with Crippen LogP contribution in [0.25, 0.3) is 0 Å². The molecule has 0 bridgehead atoms. The van der Waals surface area contributed by atoms with Crippen molar-refractivity contribution in [2.75, 3.05) is 20.1 Å². The van der Waals surface area contributed by atoms with Crippen LogP contribution in [0.3, 0.4) is 0 Å². The highest BCUT2D eigenvalue weighted by molar-refractivity contribution is 14.0. The molecule has 0 fully saturated rings. The van der Waals surface area contributed by atoms with E-state index in [4.69, 9.17) is 0 Å². The van der Waals surface area contributed by atoms with Crippen molar-refractivity contribution in [3.8, 4) is 0 Å². The topological polar surface area (TPSA) is 79.2 Å². The van der Waals surface area contributed by atoms with Crippen LogP contribution in [0.4, 0.5) is 0 Å². The largest absolute Gasteiger partial charge is 0.355 e. The van der Waals surface area contributed by atoms with Crippen LogP contribution in [0.5, 0.6) is 0 Å². The summed E-state index contributed by atoms with van der Waals surface area (Å²) >= 11 is 0. The van der Waals surface area contributed by atoms with E-state index in [0.29, 0.717) is 6.04 Å². The molecular weight excluding hydrogens is 417 g/mol. The third kappa shape index (κ3) is 6.54. The molecule has 1 atom stereocenters. The lowest BCUT2D eigenvalue weighted by Gasteiger charge is -2.26. The first kappa shape index (κ1) is 21.1. The first-order valence-electron chi connectivity index (χ1n) is 8.56. The molecule has 1 aliphatic rings. The van der Waals surface area contributed by atoms with Gasteiger partial charge in [-0.1, -0.05) is 6.92 Å². The number of hydrogen-bond donors (Lipinski definition) is 3. The Kier molecular flexibility index (Phi) is 8.41. The lowest BCUT2D eigenvalue weighted by atomic mass is 10.1. The number of aryl methyl sites for hydroxylation is 2. The fourth-order valence-corrected chi connectivity index (χ4v) is 2.63. The quantitative estimate of drug-likeness (QED) is 0.274. The van der Waals surface area contributed by atoms with Gasteiger partial charge < -0.3 is 16.0 Å². The summed E-state index contributed by atoms with van der Waals surface area (Å²) in [5, 5.41) is 14.9. The van der Waals surface area contributed by atoms with Gasteiger partial charge in [-0.3, -0.25) is 4.99 Å². The summed E-state index contributed by atoms with van der Waals surface area (Å²) in [6, 6.07) is 0.343. The summed E-state index contributed by atoms with van der Waals surface area (Å²) in [6.07, 6.45) is 2.91. The number of aromatic nitrogens is 3. The molecule has 0 aliphatic carbocycles. The molecule has 138 valence electrons. The molecule has 1 aromatic rings. The van der Waals surface area contributed by atoms with Crippen molar-refractivity contribution in [1.29, 1.82) is 0 Å². The lowest BCUT2D eigenvalue weighted by Crippen LogP contribution is -2.49. The Morgan fingerprint density at radius 1 is 1.33 bits per heavy atom. The van der Waals surface area contributed by atoms with Gasteiger partial charge in [0.1, 0.15) is 5.82 Å². The molecule has 24 heavy (non-hydrogen) atoms. The van der Waals surface area contributed by atoms with Gasteiger partial charge in [0.15, 0.2) is 11.8 Å². The van der Waals surface area contributed by atoms with Crippen molar-refractivity contribution in [2.45, 2.75) is 65.1 Å². The summed E-state index contributed by atoms with van der Waals surface area (Å²) < 4.78 is 2.04. The number of guanidine groups is 1. The maximum absolute atomic E-state index is 4.56. The summed E-state index contributed by atoms with van der Waals surface area (Å²) in [6.45, 7) is 11.2. The normalized spacial score (nSPS) is 17.9. The lowest BCUT2D eigenvalue weighted by molar-refractivity contribution is 0.390. The molecule has 2 rings (SSSR count). The number of nitrogens with one attached hydrogen (secondary N) is 3. The standard InChI is InChI=1S/C16H31N7.HI/c1-6-13-21-14-8-7-12(11-23(14)22-13)20-15(17-5)18-9-10-19-16(2,3)4;/h12,19H,6-11H2,1-5H3,(H2,17,18,20);1H. The third-order valence-corrected chi connectivity index (χ3v) is 3.86. The van der Waals surface area contributed by atoms with Crippen LogP contribution in [-0.4, -0.2) is 52.4 Å². The van der Waals surface area contributed by atoms with Gasteiger partial charge >= 0.3 is 0 Å². The van der Waals surface area contributed by atoms with Crippen LogP contribution >= 0.6 is 24.0 Å². The van der Waals surface area contributed by atoms with Gasteiger partial charge in [0.25, 0.3) is 0 Å². The van der Waals surface area contributed by atoms with Crippen molar-refractivity contribution in [2.24, 2.45) is 4.99 Å². The fourth-order valence-electron chi connectivity index (χ4n) is 2.63. The Balaban J connectivity index is 0.00000288. The smallest absolute Gasteiger partial charge is 0.191 e. The number of nitrogens with zero attached hydrogens (tertiary/aromatic N) is 4. The minimum atomic E-state index is 0. The van der Waals surface area contributed by atoms with Crippen molar-refractivity contribution >= 4 is 29.9 Å². The van der Waals surface area contributed by atoms with E-state index in [9.17, 15) is 0 Å². The van der Waals surface area contributed by atoms with Gasteiger partial charge in [0.05, 0.1) is 6.54 Å². The van der Waals surface area contributed by atoms with Crippen LogP contribution in [0.2, 0.25) is 0 Å². The Bertz CT molecular complexity index is 533. The Hall–Kier alpha value is -0.900. The summed E-state index contributed by atoms with van der Waals surface area (Å²) in [5.74, 6) is 2.90. The molecule has 2 heterocycles. The first-order chi connectivity index (χ1) is 10.9. The second kappa shape index (κ2) is 9.55. The second-order valence-corrected chi connectivity index (χ2v) is 7.04. The van der Waals surface area contributed by atoms with Crippen LogP contribution < -0.4 is 16.0 Å². The molecule has 7 nitrogen and oxygen atoms in total. The van der Waals surface area contributed by atoms with Crippen molar-refractivity contribution < 1.29 is 0 Å². The molecule has 1 unspecified atom stereocenters. The highest BCUT2D eigenvalue weighted by Crippen LogP contribution is 2.13. The SMILES string of the molecule is CCc1nc2n(n1)CC(NC(=NC)NCCNC(C)(C)C)CC2.I. The summed E-state index contributed by atoms with van der Waals surface area (Å²) in [4.78, 5) is 8.87. The van der Waals surface area contributed by atoms with Gasteiger partial charge in [-0.15, -0.1) is 24.0 Å². The van der Waals surface area contributed by atoms with Crippen LogP contribution in [0.1, 0.15) is 45.8 Å². The van der Waals surface area contributed by atoms with Crippen molar-refractivity contribution in [3.63, 3.8) is 0 Å². The van der Waals surface area contributed by atoms with Crippen LogP contribution in [0.15, 0.2) is 4.99 Å². The minimum absolute atomic E-state index is 0. The van der Waals surface area contributed by atoms with Gasteiger partial charge in [-0.25, -0.2) is 9.67 Å². The van der Waals surface area contributed by atoms with E-state index in [1.165, 1.54) is 0 Å². The van der Waals surface area contributed by atoms with Gasteiger partial charge in [-0.2, -0.15) is 5.10 Å². The molecule has 0 saturated heterocycles. The summed E-state index contributed by atoms with van der Waals surface area (Å²) in [5.41, 5.74) is 0.141. The Labute approximate surface area is 162 Å². The predicted molar refractivity (Wildman–Crippen MR) is 109 cm³/mol. The molecular formula is C16H32IN7. The van der Waals surface area contributed by atoms with Gasteiger partial charge in [-0.05, 0) is 27.2 Å². The van der Waals surface area contributed by atoms with E-state index >= 15 is 0 Å². The van der Waals surface area contributed by atoms with E-state index in [0.717, 1.165) is 56.5 Å². The van der Waals surface area contributed by atoms with E-state index < -0.39 is 0 Å². The molecule has 1 aromatic heterocycles. The number of aliphatic imine (C=N–C) groups is 1. The van der Waals surface area contributed by atoms with Crippen molar-refractivity contribution in [1.82, 2.24) is 30.7 Å². The number of hydrogen-bond acceptors (Lipinski definition) is 4. The maximum Gasteiger partial charge on any atom is 0.191 e. The average molecular weight is 449 g/mol. The van der Waals surface area contributed by atoms with E-state index in [2.05, 4.69) is 58.7 Å². The fraction of sp³-hybridized carbons (Fsp3) is 0.812. The zero-order chi connectivity index (χ0) is 16.9. The Morgan fingerprint density at radius 3 is 2.71 bits per heavy atom. The zero-order valence-electron chi connectivity index (χ0n) is 15.5. The first-order valence-corrected chi connectivity index (χ1v) is 8.56. The second-order valence-electron chi connectivity index (χ2n) is 7.04. The number of rotatable bonds is 5. The molecule has 0 aromatic carbocycles. The van der Waals surface area contributed by atoms with E-state index in [1.54, 1.807) is 0 Å². The van der Waals surface area contributed by atoms with Gasteiger partial charge in [0.2, 0.25) is 0 Å². The van der Waals surface area contributed by atoms with Gasteiger partial charge in [0, 0.05) is 44.6 Å². The predicted octanol–water partition coefficient (Wildman–Crippen LogP) is 1.33. The highest BCUT2D eigenvalue weighted by Gasteiger charge is 2.22. The third-order valence-electron chi connectivity index (χ3n) is 3.86. The molecule has 0 saturated carbocycles. The maximum atomic E-state index is 4.56. The minimum Gasteiger partial charge on any atom is -0.355 e. The van der Waals surface area contributed by atoms with Crippen molar-refractivity contribution in [3.05, 3.63) is 11.6 Å². The van der Waals surface area contributed by atoms with E-state index in [1.807, 2.05) is 11.7 Å².